The predicted octanol–water partition coefficient (Wildman–Crippen LogP) is 3.88. The van der Waals surface area contributed by atoms with E-state index in [9.17, 15) is 4.79 Å². The molecule has 1 aromatic heterocycles. The van der Waals surface area contributed by atoms with Crippen LogP contribution in [0.15, 0.2) is 60.9 Å². The molecule has 8 heteroatoms. The Bertz CT molecular complexity index is 1090. The molecule has 0 spiro atoms. The van der Waals surface area contributed by atoms with Crippen LogP contribution in [0.1, 0.15) is 18.5 Å². The Kier molecular flexibility index (Phi) is 8.74. The third-order valence-corrected chi connectivity index (χ3v) is 4.88. The normalized spacial score (nSPS) is 12.3. The molecule has 2 N–H and O–H groups in total. The van der Waals surface area contributed by atoms with Gasteiger partial charge in [0, 0.05) is 31.2 Å². The van der Waals surface area contributed by atoms with Gasteiger partial charge in [0.1, 0.15) is 17.9 Å². The molecule has 1 atom stereocenters. The molecule has 1 unspecified atom stereocenters. The fraction of sp³-hybridized carbons (Fsp3) is 0.320. The van der Waals surface area contributed by atoms with Gasteiger partial charge in [0.05, 0.1) is 30.5 Å². The number of benzene rings is 2. The van der Waals surface area contributed by atoms with Gasteiger partial charge < -0.3 is 25.0 Å². The number of anilines is 2. The summed E-state index contributed by atoms with van der Waals surface area (Å²) in [5.41, 5.74) is 2.35. The summed E-state index contributed by atoms with van der Waals surface area (Å²) in [7, 11) is 5.56. The third kappa shape index (κ3) is 6.74. The maximum Gasteiger partial charge on any atom is 0.248 e. The average Bonchev–Trinajstić information content (AvgIpc) is 2.80. The molecule has 3 aromatic rings. The van der Waals surface area contributed by atoms with Crippen LogP contribution >= 0.6 is 0 Å². The van der Waals surface area contributed by atoms with E-state index >= 15 is 0 Å². The molecule has 0 aliphatic heterocycles. The van der Waals surface area contributed by atoms with Crippen LogP contribution in [0.4, 0.5) is 11.5 Å². The molecular formula is C25H31N5O3. The first kappa shape index (κ1) is 24.2. The molecule has 0 aliphatic rings. The molecule has 0 bridgehead atoms. The van der Waals surface area contributed by atoms with Crippen LogP contribution in [0.25, 0.3) is 10.9 Å². The van der Waals surface area contributed by atoms with Crippen LogP contribution in [-0.4, -0.2) is 61.7 Å². The largest absolute Gasteiger partial charge is 0.492 e. The fourth-order valence-electron chi connectivity index (χ4n) is 3.35. The van der Waals surface area contributed by atoms with Gasteiger partial charge in [0.25, 0.3) is 0 Å². The van der Waals surface area contributed by atoms with Crippen molar-refractivity contribution in [3.05, 3.63) is 66.5 Å². The number of hydrogen-bond acceptors (Lipinski definition) is 7. The minimum atomic E-state index is -0.231. The number of carbonyl (C=O) groups excluding carboxylic acids is 1. The van der Waals surface area contributed by atoms with Crippen LogP contribution in [0, 0.1) is 0 Å². The maximum atomic E-state index is 12.5. The topological polar surface area (TPSA) is 88.6 Å². The van der Waals surface area contributed by atoms with Gasteiger partial charge in [0.15, 0.2) is 0 Å². The molecular weight excluding hydrogens is 418 g/mol. The quantitative estimate of drug-likeness (QED) is 0.430. The van der Waals surface area contributed by atoms with Gasteiger partial charge in [-0.1, -0.05) is 36.4 Å². The number of likely N-dealkylation sites (N-methyl/N-ethyl adjacent to an activating group) is 1. The molecule has 0 aliphatic carbocycles. The Morgan fingerprint density at radius 2 is 1.97 bits per heavy atom. The summed E-state index contributed by atoms with van der Waals surface area (Å²) in [6, 6.07) is 13.6. The van der Waals surface area contributed by atoms with Gasteiger partial charge >= 0.3 is 0 Å². The highest BCUT2D eigenvalue weighted by molar-refractivity contribution is 6.03. The van der Waals surface area contributed by atoms with E-state index < -0.39 is 0 Å². The van der Waals surface area contributed by atoms with Crippen molar-refractivity contribution in [3.8, 4) is 5.75 Å². The molecule has 2 aromatic carbocycles. The highest BCUT2D eigenvalue weighted by Gasteiger charge is 2.16. The van der Waals surface area contributed by atoms with E-state index in [1.807, 2.05) is 74.5 Å². The number of amides is 1. The van der Waals surface area contributed by atoms with Crippen molar-refractivity contribution in [3.63, 3.8) is 0 Å². The van der Waals surface area contributed by atoms with Gasteiger partial charge in [-0.15, -0.1) is 0 Å². The molecule has 3 rings (SSSR count). The monoisotopic (exact) mass is 449 g/mol. The van der Waals surface area contributed by atoms with Gasteiger partial charge in [-0.25, -0.2) is 9.97 Å². The van der Waals surface area contributed by atoms with Crippen molar-refractivity contribution in [2.75, 3.05) is 51.6 Å². The molecule has 33 heavy (non-hydrogen) atoms. The Labute approximate surface area is 194 Å². The van der Waals surface area contributed by atoms with Crippen molar-refractivity contribution >= 4 is 28.3 Å². The van der Waals surface area contributed by atoms with E-state index in [0.29, 0.717) is 42.5 Å². The summed E-state index contributed by atoms with van der Waals surface area (Å²) in [5, 5.41) is 7.16. The highest BCUT2D eigenvalue weighted by atomic mass is 16.5. The second-order valence-electron chi connectivity index (χ2n) is 7.74. The van der Waals surface area contributed by atoms with E-state index in [2.05, 4.69) is 20.6 Å². The maximum absolute atomic E-state index is 12.5. The number of carbonyl (C=O) groups is 1. The lowest BCUT2D eigenvalue weighted by Gasteiger charge is -2.20. The van der Waals surface area contributed by atoms with Gasteiger partial charge in [-0.05, 0) is 32.6 Å². The molecule has 8 nitrogen and oxygen atoms in total. The van der Waals surface area contributed by atoms with Gasteiger partial charge in [-0.3, -0.25) is 4.79 Å². The zero-order chi connectivity index (χ0) is 23.6. The van der Waals surface area contributed by atoms with E-state index in [-0.39, 0.29) is 11.9 Å². The first-order chi connectivity index (χ1) is 16.0. The average molecular weight is 450 g/mol. The number of nitrogens with zero attached hydrogens (tertiary/aromatic N) is 3. The number of rotatable bonds is 11. The van der Waals surface area contributed by atoms with E-state index in [1.54, 1.807) is 7.11 Å². The van der Waals surface area contributed by atoms with Crippen LogP contribution in [-0.2, 0) is 9.53 Å². The zero-order valence-corrected chi connectivity index (χ0v) is 19.5. The van der Waals surface area contributed by atoms with Crippen LogP contribution < -0.4 is 15.4 Å². The molecule has 0 radical (unpaired) electrons. The number of aromatic nitrogens is 2. The van der Waals surface area contributed by atoms with Crippen molar-refractivity contribution in [1.82, 2.24) is 14.9 Å². The standard InChI is InChI=1S/C25H31N5O3/c1-5-33-23-15-20-19(14-21(23)28-24(31)12-9-13-30(2)3)25(27-17-26-20)29-22(16-32-4)18-10-7-6-8-11-18/h6-12,14-15,17,22H,5,13,16H2,1-4H3,(H,28,31)(H,26,27,29). The lowest BCUT2D eigenvalue weighted by molar-refractivity contribution is -0.111. The molecule has 1 heterocycles. The lowest BCUT2D eigenvalue weighted by Crippen LogP contribution is -2.17. The van der Waals surface area contributed by atoms with E-state index in [0.717, 1.165) is 10.9 Å². The summed E-state index contributed by atoms with van der Waals surface area (Å²) in [5.74, 6) is 0.971. The number of hydrogen-bond donors (Lipinski definition) is 2. The van der Waals surface area contributed by atoms with E-state index in [4.69, 9.17) is 9.47 Å². The van der Waals surface area contributed by atoms with Crippen molar-refractivity contribution in [1.29, 1.82) is 0 Å². The number of nitrogens with one attached hydrogen (secondary N) is 2. The number of ether oxygens (including phenoxy) is 2. The molecule has 1 amide bonds. The summed E-state index contributed by atoms with van der Waals surface area (Å²) in [6.07, 6.45) is 4.84. The zero-order valence-electron chi connectivity index (χ0n) is 19.5. The molecule has 174 valence electrons. The highest BCUT2D eigenvalue weighted by Crippen LogP contribution is 2.33. The Balaban J connectivity index is 1.95. The van der Waals surface area contributed by atoms with E-state index in [1.165, 1.54) is 12.4 Å². The third-order valence-electron chi connectivity index (χ3n) is 4.88. The SMILES string of the molecule is CCOc1cc2ncnc(NC(COC)c3ccccc3)c2cc1NC(=O)C=CCN(C)C. The Hall–Kier alpha value is -3.49. The molecule has 0 saturated heterocycles. The van der Waals surface area contributed by atoms with Crippen molar-refractivity contribution in [2.24, 2.45) is 0 Å². The Morgan fingerprint density at radius 1 is 1.18 bits per heavy atom. The number of fused-ring (bicyclic) bond motifs is 1. The first-order valence-electron chi connectivity index (χ1n) is 10.9. The summed E-state index contributed by atoms with van der Waals surface area (Å²) < 4.78 is 11.2. The second-order valence-corrected chi connectivity index (χ2v) is 7.74. The molecule has 0 fully saturated rings. The van der Waals surface area contributed by atoms with Crippen LogP contribution in [0.3, 0.4) is 0 Å². The minimum Gasteiger partial charge on any atom is -0.492 e. The number of methoxy groups -OCH3 is 1. The van der Waals surface area contributed by atoms with Crippen molar-refractivity contribution in [2.45, 2.75) is 13.0 Å². The summed E-state index contributed by atoms with van der Waals surface area (Å²) in [4.78, 5) is 23.3. The first-order valence-corrected chi connectivity index (χ1v) is 10.9. The lowest BCUT2D eigenvalue weighted by atomic mass is 10.1. The van der Waals surface area contributed by atoms with Crippen LogP contribution in [0.2, 0.25) is 0 Å². The summed E-state index contributed by atoms with van der Waals surface area (Å²) in [6.45, 7) is 3.50. The fourth-order valence-corrected chi connectivity index (χ4v) is 3.35. The van der Waals surface area contributed by atoms with Gasteiger partial charge in [-0.2, -0.15) is 0 Å². The second kappa shape index (κ2) is 11.9. The van der Waals surface area contributed by atoms with Crippen molar-refractivity contribution < 1.29 is 14.3 Å². The minimum absolute atomic E-state index is 0.104. The smallest absolute Gasteiger partial charge is 0.248 e. The predicted molar refractivity (Wildman–Crippen MR) is 132 cm³/mol. The van der Waals surface area contributed by atoms with Crippen LogP contribution in [0.5, 0.6) is 5.75 Å². The summed E-state index contributed by atoms with van der Waals surface area (Å²) >= 11 is 0. The molecule has 0 saturated carbocycles. The Morgan fingerprint density at radius 3 is 2.67 bits per heavy atom. The van der Waals surface area contributed by atoms with Gasteiger partial charge in [0.2, 0.25) is 5.91 Å².